The highest BCUT2D eigenvalue weighted by Crippen LogP contribution is 2.42. The first-order valence-electron chi connectivity index (χ1n) is 11.9. The van der Waals surface area contributed by atoms with Crippen molar-refractivity contribution in [2.24, 2.45) is 0 Å². The normalized spacial score (nSPS) is 19.1. The summed E-state index contributed by atoms with van der Waals surface area (Å²) in [6.45, 7) is 6.01. The van der Waals surface area contributed by atoms with Gasteiger partial charge >= 0.3 is 0 Å². The summed E-state index contributed by atoms with van der Waals surface area (Å²) < 4.78 is 5.99. The lowest BCUT2D eigenvalue weighted by molar-refractivity contribution is 0.0673. The van der Waals surface area contributed by atoms with Gasteiger partial charge in [0.2, 0.25) is 0 Å². The van der Waals surface area contributed by atoms with E-state index in [2.05, 4.69) is 19.2 Å². The summed E-state index contributed by atoms with van der Waals surface area (Å²) >= 11 is 13.8. The molecule has 1 N–H and O–H groups in total. The molecule has 0 saturated carbocycles. The number of carbonyl (C=O) groups is 2. The van der Waals surface area contributed by atoms with Gasteiger partial charge < -0.3 is 19.9 Å². The van der Waals surface area contributed by atoms with Crippen molar-refractivity contribution >= 4 is 52.0 Å². The zero-order valence-electron chi connectivity index (χ0n) is 20.3. The number of carbonyl (C=O) groups excluding carboxylic acids is 2. The number of piperazine rings is 1. The number of thiophene rings is 1. The largest absolute Gasteiger partial charge is 0.493 e. The van der Waals surface area contributed by atoms with E-state index in [1.165, 1.54) is 16.2 Å². The summed E-state index contributed by atoms with van der Waals surface area (Å²) in [5, 5.41) is 4.39. The van der Waals surface area contributed by atoms with Gasteiger partial charge in [-0.1, -0.05) is 23.2 Å². The molecule has 0 spiro atoms. The molecule has 1 saturated heterocycles. The van der Waals surface area contributed by atoms with Crippen molar-refractivity contribution in [2.75, 3.05) is 31.6 Å². The Morgan fingerprint density at radius 3 is 2.56 bits per heavy atom. The summed E-state index contributed by atoms with van der Waals surface area (Å²) in [5.41, 5.74) is 3.09. The summed E-state index contributed by atoms with van der Waals surface area (Å²) in [6.07, 6.45) is 0.676. The number of ether oxygens (including phenoxy) is 1. The zero-order chi connectivity index (χ0) is 25.6. The molecule has 0 radical (unpaired) electrons. The van der Waals surface area contributed by atoms with Gasteiger partial charge in [0.1, 0.15) is 5.75 Å². The summed E-state index contributed by atoms with van der Waals surface area (Å²) in [4.78, 5) is 31.8. The molecule has 2 amide bonds. The van der Waals surface area contributed by atoms with Crippen LogP contribution in [-0.4, -0.2) is 55.5 Å². The van der Waals surface area contributed by atoms with Crippen molar-refractivity contribution in [2.45, 2.75) is 32.4 Å². The lowest BCUT2D eigenvalue weighted by atomic mass is 10.0. The third-order valence-corrected chi connectivity index (χ3v) is 8.28. The fourth-order valence-corrected chi connectivity index (χ4v) is 6.63. The average molecular weight is 545 g/mol. The molecular formula is C27H27Cl2N3O3S. The molecule has 0 bridgehead atoms. The SMILES string of the molecule is CC1CN(C(=O)c2ccc3c(c2)-c2sc(C(=O)N(C)c4ccc(Cl)cc4Cl)cc2CCO3)CC(C)N1. The number of nitrogens with one attached hydrogen (secondary N) is 1. The molecule has 3 heterocycles. The van der Waals surface area contributed by atoms with Gasteiger partial charge in [-0.05, 0) is 61.9 Å². The van der Waals surface area contributed by atoms with Gasteiger partial charge in [0, 0.05) is 59.7 Å². The molecule has 3 aromatic rings. The molecule has 0 aliphatic carbocycles. The van der Waals surface area contributed by atoms with Crippen LogP contribution in [0.25, 0.3) is 10.4 Å². The standard InChI is InChI=1S/C27H27Cl2N3O3S/c1-15-13-32(14-16(2)30-15)26(33)18-4-7-23-20(10-18)25-17(8-9-35-23)11-24(36-25)27(34)31(3)22-6-5-19(28)12-21(22)29/h4-7,10-12,15-16,30H,8-9,13-14H2,1-3H3. The van der Waals surface area contributed by atoms with E-state index in [0.29, 0.717) is 52.3 Å². The van der Waals surface area contributed by atoms with E-state index in [0.717, 1.165) is 21.8 Å². The van der Waals surface area contributed by atoms with Crippen LogP contribution < -0.4 is 15.0 Å². The number of rotatable bonds is 3. The Bertz CT molecular complexity index is 1330. The van der Waals surface area contributed by atoms with E-state index in [1.54, 1.807) is 25.2 Å². The Morgan fingerprint density at radius 1 is 1.08 bits per heavy atom. The van der Waals surface area contributed by atoms with E-state index in [4.69, 9.17) is 27.9 Å². The van der Waals surface area contributed by atoms with Crippen LogP contribution in [0.4, 0.5) is 5.69 Å². The van der Waals surface area contributed by atoms with E-state index in [1.807, 2.05) is 29.2 Å². The molecule has 2 aromatic carbocycles. The fourth-order valence-electron chi connectivity index (χ4n) is 4.89. The highest BCUT2D eigenvalue weighted by molar-refractivity contribution is 7.17. The van der Waals surface area contributed by atoms with Crippen LogP contribution in [0.5, 0.6) is 5.75 Å². The predicted octanol–water partition coefficient (Wildman–Crippen LogP) is 5.76. The smallest absolute Gasteiger partial charge is 0.268 e. The molecule has 1 fully saturated rings. The molecule has 6 nitrogen and oxygen atoms in total. The summed E-state index contributed by atoms with van der Waals surface area (Å²) in [6, 6.07) is 13.1. The van der Waals surface area contributed by atoms with Crippen molar-refractivity contribution in [3.05, 3.63) is 68.5 Å². The Hall–Kier alpha value is -2.58. The van der Waals surface area contributed by atoms with Crippen LogP contribution in [-0.2, 0) is 6.42 Å². The first-order chi connectivity index (χ1) is 17.2. The Balaban J connectivity index is 1.47. The van der Waals surface area contributed by atoms with Crippen LogP contribution in [0.1, 0.15) is 39.4 Å². The van der Waals surface area contributed by atoms with E-state index < -0.39 is 0 Å². The first-order valence-corrected chi connectivity index (χ1v) is 13.5. The fraction of sp³-hybridized carbons (Fsp3) is 0.333. The quantitative estimate of drug-likeness (QED) is 0.456. The van der Waals surface area contributed by atoms with Crippen LogP contribution in [0.2, 0.25) is 10.0 Å². The van der Waals surface area contributed by atoms with Crippen LogP contribution in [0.3, 0.4) is 0 Å². The minimum atomic E-state index is -0.157. The van der Waals surface area contributed by atoms with E-state index in [9.17, 15) is 9.59 Å². The maximum atomic E-state index is 13.4. The minimum absolute atomic E-state index is 0.00812. The Morgan fingerprint density at radius 2 is 1.83 bits per heavy atom. The summed E-state index contributed by atoms with van der Waals surface area (Å²) in [7, 11) is 1.70. The van der Waals surface area contributed by atoms with Crippen molar-refractivity contribution in [3.63, 3.8) is 0 Å². The van der Waals surface area contributed by atoms with Crippen molar-refractivity contribution < 1.29 is 14.3 Å². The predicted molar refractivity (Wildman–Crippen MR) is 146 cm³/mol. The molecule has 5 rings (SSSR count). The molecule has 1 aromatic heterocycles. The highest BCUT2D eigenvalue weighted by atomic mass is 35.5. The van der Waals surface area contributed by atoms with E-state index >= 15 is 0 Å². The number of fused-ring (bicyclic) bond motifs is 3. The Labute approximate surface area is 224 Å². The first kappa shape index (κ1) is 25.1. The zero-order valence-corrected chi connectivity index (χ0v) is 22.6. The van der Waals surface area contributed by atoms with Gasteiger partial charge in [-0.25, -0.2) is 0 Å². The second-order valence-corrected chi connectivity index (χ2v) is 11.3. The number of anilines is 1. The Kier molecular flexibility index (Phi) is 7.01. The minimum Gasteiger partial charge on any atom is -0.493 e. The molecule has 188 valence electrons. The average Bonchev–Trinajstić information content (AvgIpc) is 3.18. The van der Waals surface area contributed by atoms with Crippen LogP contribution in [0.15, 0.2) is 42.5 Å². The van der Waals surface area contributed by atoms with Gasteiger partial charge in [0.25, 0.3) is 11.8 Å². The second-order valence-electron chi connectivity index (χ2n) is 9.41. The van der Waals surface area contributed by atoms with Crippen LogP contribution >= 0.6 is 34.5 Å². The lowest BCUT2D eigenvalue weighted by Gasteiger charge is -2.36. The van der Waals surface area contributed by atoms with Gasteiger partial charge in [-0.2, -0.15) is 0 Å². The van der Waals surface area contributed by atoms with Crippen molar-refractivity contribution in [1.29, 1.82) is 0 Å². The molecular weight excluding hydrogens is 517 g/mol. The maximum Gasteiger partial charge on any atom is 0.268 e. The molecule has 9 heteroatoms. The maximum absolute atomic E-state index is 13.4. The van der Waals surface area contributed by atoms with Gasteiger partial charge in [-0.15, -0.1) is 11.3 Å². The number of halogens is 2. The topological polar surface area (TPSA) is 61.9 Å². The second kappa shape index (κ2) is 10.1. The molecule has 2 aliphatic heterocycles. The van der Waals surface area contributed by atoms with Crippen LogP contribution in [0, 0.1) is 0 Å². The van der Waals surface area contributed by atoms with Gasteiger partial charge in [0.05, 0.1) is 22.2 Å². The number of hydrogen-bond donors (Lipinski definition) is 1. The number of hydrogen-bond acceptors (Lipinski definition) is 5. The molecule has 2 unspecified atom stereocenters. The van der Waals surface area contributed by atoms with E-state index in [-0.39, 0.29) is 23.9 Å². The third-order valence-electron chi connectivity index (χ3n) is 6.54. The number of nitrogens with zero attached hydrogens (tertiary/aromatic N) is 2. The van der Waals surface area contributed by atoms with Crippen molar-refractivity contribution in [1.82, 2.24) is 10.2 Å². The number of amides is 2. The lowest BCUT2D eigenvalue weighted by Crippen LogP contribution is -2.55. The third kappa shape index (κ3) is 4.85. The highest BCUT2D eigenvalue weighted by Gasteiger charge is 2.28. The molecule has 2 aliphatic rings. The molecule has 2 atom stereocenters. The van der Waals surface area contributed by atoms with Crippen molar-refractivity contribution in [3.8, 4) is 16.2 Å². The number of benzene rings is 2. The molecule has 36 heavy (non-hydrogen) atoms. The van der Waals surface area contributed by atoms with Gasteiger partial charge in [-0.3, -0.25) is 9.59 Å². The monoisotopic (exact) mass is 543 g/mol. The van der Waals surface area contributed by atoms with Gasteiger partial charge in [0.15, 0.2) is 0 Å². The summed E-state index contributed by atoms with van der Waals surface area (Å²) in [5.74, 6) is 0.576.